The van der Waals surface area contributed by atoms with Crippen LogP contribution in [0.15, 0.2) is 0 Å². The lowest BCUT2D eigenvalue weighted by Crippen LogP contribution is -2.51. The van der Waals surface area contributed by atoms with Crippen LogP contribution in [0.4, 0.5) is 0 Å². The molecule has 7 heteroatoms. The Labute approximate surface area is 131 Å². The highest BCUT2D eigenvalue weighted by Crippen LogP contribution is 2.32. The smallest absolute Gasteiger partial charge is 0.232 e. The van der Waals surface area contributed by atoms with Crippen LogP contribution >= 0.6 is 11.8 Å². The second kappa shape index (κ2) is 6.46. The first-order chi connectivity index (χ1) is 10.1. The first-order valence-electron chi connectivity index (χ1n) is 7.96. The number of piperazine rings is 1. The molecule has 120 valence electrons. The molecule has 3 fully saturated rings. The Morgan fingerprint density at radius 2 is 1.62 bits per heavy atom. The van der Waals surface area contributed by atoms with E-state index >= 15 is 0 Å². The predicted molar refractivity (Wildman–Crippen MR) is 84.8 cm³/mol. The number of carbonyl (C=O) groups excluding carboxylic acids is 1. The topological polar surface area (TPSA) is 57.7 Å². The Bertz CT molecular complexity index is 476. The molecular formula is C14H24N2O3S2. The summed E-state index contributed by atoms with van der Waals surface area (Å²) >= 11 is 1.78. The number of nitrogens with zero attached hydrogens (tertiary/aromatic N) is 2. The maximum absolute atomic E-state index is 12.2. The minimum Gasteiger partial charge on any atom is -0.339 e. The van der Waals surface area contributed by atoms with Gasteiger partial charge in [-0.2, -0.15) is 4.31 Å². The van der Waals surface area contributed by atoms with Crippen LogP contribution in [-0.2, 0) is 14.8 Å². The molecule has 0 N–H and O–H groups in total. The third-order valence-corrected chi connectivity index (χ3v) is 8.40. The van der Waals surface area contributed by atoms with Crippen LogP contribution in [0, 0.1) is 0 Å². The average molecular weight is 332 g/mol. The van der Waals surface area contributed by atoms with E-state index in [2.05, 4.69) is 0 Å². The van der Waals surface area contributed by atoms with Crippen LogP contribution in [0.2, 0.25) is 0 Å². The van der Waals surface area contributed by atoms with Crippen molar-refractivity contribution in [2.45, 2.75) is 49.0 Å². The van der Waals surface area contributed by atoms with Crippen molar-refractivity contribution in [3.05, 3.63) is 0 Å². The van der Waals surface area contributed by atoms with Gasteiger partial charge in [0.15, 0.2) is 0 Å². The molecule has 0 bridgehead atoms. The van der Waals surface area contributed by atoms with Crippen molar-refractivity contribution in [3.8, 4) is 0 Å². The zero-order valence-electron chi connectivity index (χ0n) is 12.4. The molecule has 3 aliphatic rings. The lowest BCUT2D eigenvalue weighted by Gasteiger charge is -2.34. The van der Waals surface area contributed by atoms with Gasteiger partial charge in [-0.1, -0.05) is 12.8 Å². The summed E-state index contributed by atoms with van der Waals surface area (Å²) in [5.41, 5.74) is 0. The van der Waals surface area contributed by atoms with Gasteiger partial charge in [0.05, 0.1) is 11.0 Å². The number of sulfonamides is 1. The number of hydrogen-bond donors (Lipinski definition) is 0. The van der Waals surface area contributed by atoms with E-state index in [0.29, 0.717) is 37.2 Å². The average Bonchev–Trinajstić information content (AvgIpc) is 3.23. The molecule has 1 aliphatic heterocycles. The van der Waals surface area contributed by atoms with Gasteiger partial charge in [0.1, 0.15) is 0 Å². The van der Waals surface area contributed by atoms with Crippen molar-refractivity contribution in [3.63, 3.8) is 0 Å². The molecule has 2 saturated carbocycles. The lowest BCUT2D eigenvalue weighted by atomic mass is 10.3. The summed E-state index contributed by atoms with van der Waals surface area (Å²) in [5, 5.41) is 0.517. The van der Waals surface area contributed by atoms with Gasteiger partial charge >= 0.3 is 0 Å². The highest BCUT2D eigenvalue weighted by molar-refractivity contribution is 8.00. The SMILES string of the molecule is O=C(CSC1CCCC1)N1CCN(S(=O)(=O)C2CC2)CC1. The zero-order valence-corrected chi connectivity index (χ0v) is 14.0. The van der Waals surface area contributed by atoms with Crippen LogP contribution < -0.4 is 0 Å². The fourth-order valence-electron chi connectivity index (χ4n) is 3.10. The van der Waals surface area contributed by atoms with Gasteiger partial charge < -0.3 is 4.90 Å². The molecule has 0 unspecified atom stereocenters. The number of amides is 1. The third kappa shape index (κ3) is 3.74. The van der Waals surface area contributed by atoms with Crippen LogP contribution in [-0.4, -0.2) is 66.0 Å². The van der Waals surface area contributed by atoms with E-state index in [1.165, 1.54) is 25.7 Å². The van der Waals surface area contributed by atoms with E-state index in [1.54, 1.807) is 16.1 Å². The summed E-state index contributed by atoms with van der Waals surface area (Å²) in [6.07, 6.45) is 6.68. The summed E-state index contributed by atoms with van der Waals surface area (Å²) < 4.78 is 25.9. The molecule has 1 saturated heterocycles. The monoisotopic (exact) mass is 332 g/mol. The summed E-state index contributed by atoms with van der Waals surface area (Å²) in [6, 6.07) is 0. The van der Waals surface area contributed by atoms with Crippen LogP contribution in [0.3, 0.4) is 0 Å². The molecule has 0 aromatic heterocycles. The molecule has 2 aliphatic carbocycles. The molecule has 1 heterocycles. The van der Waals surface area contributed by atoms with E-state index < -0.39 is 10.0 Å². The highest BCUT2D eigenvalue weighted by Gasteiger charge is 2.41. The number of hydrogen-bond acceptors (Lipinski definition) is 4. The second-order valence-corrected chi connectivity index (χ2v) is 9.74. The minimum atomic E-state index is -3.07. The van der Waals surface area contributed by atoms with Crippen molar-refractivity contribution in [2.75, 3.05) is 31.9 Å². The van der Waals surface area contributed by atoms with Gasteiger partial charge in [-0.05, 0) is 25.7 Å². The predicted octanol–water partition coefficient (Wildman–Crippen LogP) is 1.30. The molecule has 21 heavy (non-hydrogen) atoms. The summed E-state index contributed by atoms with van der Waals surface area (Å²) in [7, 11) is -3.07. The van der Waals surface area contributed by atoms with Gasteiger partial charge in [0.2, 0.25) is 15.9 Å². The number of thioether (sulfide) groups is 1. The van der Waals surface area contributed by atoms with Crippen LogP contribution in [0.5, 0.6) is 0 Å². The molecule has 5 nitrogen and oxygen atoms in total. The molecule has 1 amide bonds. The summed E-state index contributed by atoms with van der Waals surface area (Å²) in [5.74, 6) is 0.732. The van der Waals surface area contributed by atoms with Crippen molar-refractivity contribution >= 4 is 27.7 Å². The molecular weight excluding hydrogens is 308 g/mol. The number of carbonyl (C=O) groups is 1. The maximum Gasteiger partial charge on any atom is 0.232 e. The van der Waals surface area contributed by atoms with Crippen molar-refractivity contribution in [1.29, 1.82) is 0 Å². The Morgan fingerprint density at radius 1 is 1.00 bits per heavy atom. The van der Waals surface area contributed by atoms with Gasteiger partial charge in [-0.15, -0.1) is 11.8 Å². The third-order valence-electron chi connectivity index (χ3n) is 4.64. The first-order valence-corrected chi connectivity index (χ1v) is 10.5. The lowest BCUT2D eigenvalue weighted by molar-refractivity contribution is -0.129. The van der Waals surface area contributed by atoms with Gasteiger partial charge in [-0.25, -0.2) is 8.42 Å². The molecule has 0 aromatic rings. The van der Waals surface area contributed by atoms with E-state index in [1.807, 2.05) is 4.90 Å². The Hall–Kier alpha value is -0.270. The minimum absolute atomic E-state index is 0.141. The van der Waals surface area contributed by atoms with Crippen molar-refractivity contribution in [2.24, 2.45) is 0 Å². The first kappa shape index (κ1) is 15.6. The van der Waals surface area contributed by atoms with E-state index in [9.17, 15) is 13.2 Å². The Balaban J connectivity index is 1.43. The van der Waals surface area contributed by atoms with Crippen LogP contribution in [0.1, 0.15) is 38.5 Å². The second-order valence-electron chi connectivity index (χ2n) is 6.24. The fourth-order valence-corrected chi connectivity index (χ4v) is 6.16. The standard InChI is InChI=1S/C14H24N2O3S2/c17-14(11-20-12-3-1-2-4-12)15-7-9-16(10-8-15)21(18,19)13-5-6-13/h12-13H,1-11H2. The molecule has 0 spiro atoms. The Kier molecular flexibility index (Phi) is 4.81. The van der Waals surface area contributed by atoms with Crippen molar-refractivity contribution in [1.82, 2.24) is 9.21 Å². The van der Waals surface area contributed by atoms with E-state index in [4.69, 9.17) is 0 Å². The van der Waals surface area contributed by atoms with Crippen LogP contribution in [0.25, 0.3) is 0 Å². The zero-order chi connectivity index (χ0) is 14.9. The number of rotatable bonds is 5. The largest absolute Gasteiger partial charge is 0.339 e. The van der Waals surface area contributed by atoms with E-state index in [-0.39, 0.29) is 11.2 Å². The maximum atomic E-state index is 12.2. The van der Waals surface area contributed by atoms with Gasteiger partial charge in [0.25, 0.3) is 0 Å². The quantitative estimate of drug-likeness (QED) is 0.761. The summed E-state index contributed by atoms with van der Waals surface area (Å²) in [6.45, 7) is 2.04. The van der Waals surface area contributed by atoms with Gasteiger partial charge in [-0.3, -0.25) is 4.79 Å². The summed E-state index contributed by atoms with van der Waals surface area (Å²) in [4.78, 5) is 14.0. The molecule has 0 aromatic carbocycles. The normalized spacial score (nSPS) is 25.4. The highest BCUT2D eigenvalue weighted by atomic mass is 32.2. The molecule has 0 atom stereocenters. The van der Waals surface area contributed by atoms with Gasteiger partial charge in [0, 0.05) is 31.4 Å². The van der Waals surface area contributed by atoms with E-state index in [0.717, 1.165) is 12.8 Å². The fraction of sp³-hybridized carbons (Fsp3) is 0.929. The van der Waals surface area contributed by atoms with Crippen molar-refractivity contribution < 1.29 is 13.2 Å². The molecule has 0 radical (unpaired) electrons. The Morgan fingerprint density at radius 3 is 2.19 bits per heavy atom. The molecule has 3 rings (SSSR count).